The number of benzene rings is 2. The van der Waals surface area contributed by atoms with E-state index >= 15 is 0 Å². The summed E-state index contributed by atoms with van der Waals surface area (Å²) in [5, 5.41) is 3.17. The standard InChI is InChI=1S/C25H29BrN4O/c1-19-27-10-12-30(19)17-21-6-2-5-20(13-21)15-28-25(31)23-8-4-11-29(18-23)16-22-7-3-9-24(26)14-22/h2-3,5-7,9-10,12-14,23H,4,8,11,15-18H2,1H3,(H,28,31). The number of piperidine rings is 1. The van der Waals surface area contributed by atoms with Crippen LogP contribution in [0.1, 0.15) is 35.4 Å². The Kier molecular flexibility index (Phi) is 7.20. The summed E-state index contributed by atoms with van der Waals surface area (Å²) >= 11 is 3.54. The van der Waals surface area contributed by atoms with Crippen molar-refractivity contribution < 1.29 is 4.79 Å². The zero-order chi connectivity index (χ0) is 21.6. The van der Waals surface area contributed by atoms with E-state index in [9.17, 15) is 4.79 Å². The molecule has 162 valence electrons. The normalized spacial score (nSPS) is 16.9. The average Bonchev–Trinajstić information content (AvgIpc) is 3.17. The predicted molar refractivity (Wildman–Crippen MR) is 126 cm³/mol. The van der Waals surface area contributed by atoms with Crippen molar-refractivity contribution in [3.63, 3.8) is 0 Å². The van der Waals surface area contributed by atoms with E-state index in [1.807, 2.05) is 25.4 Å². The van der Waals surface area contributed by atoms with Gasteiger partial charge in [0.1, 0.15) is 5.82 Å². The highest BCUT2D eigenvalue weighted by Crippen LogP contribution is 2.20. The Morgan fingerprint density at radius 3 is 2.68 bits per heavy atom. The third-order valence-electron chi connectivity index (χ3n) is 5.91. The van der Waals surface area contributed by atoms with Crippen LogP contribution in [0.2, 0.25) is 0 Å². The lowest BCUT2D eigenvalue weighted by molar-refractivity contribution is -0.126. The van der Waals surface area contributed by atoms with E-state index in [0.29, 0.717) is 6.54 Å². The Hall–Kier alpha value is -2.44. The summed E-state index contributed by atoms with van der Waals surface area (Å²) in [6, 6.07) is 16.8. The molecule has 1 amide bonds. The van der Waals surface area contributed by atoms with E-state index in [2.05, 4.69) is 78.2 Å². The monoisotopic (exact) mass is 480 g/mol. The minimum Gasteiger partial charge on any atom is -0.352 e. The van der Waals surface area contributed by atoms with E-state index < -0.39 is 0 Å². The quantitative estimate of drug-likeness (QED) is 0.540. The molecule has 1 atom stereocenters. The molecule has 0 bridgehead atoms. The summed E-state index contributed by atoms with van der Waals surface area (Å²) in [7, 11) is 0. The smallest absolute Gasteiger partial charge is 0.224 e. The first kappa shape index (κ1) is 21.8. The first-order chi connectivity index (χ1) is 15.1. The summed E-state index contributed by atoms with van der Waals surface area (Å²) in [6.45, 7) is 6.12. The van der Waals surface area contributed by atoms with Crippen LogP contribution in [0.15, 0.2) is 65.4 Å². The van der Waals surface area contributed by atoms with Gasteiger partial charge in [0.15, 0.2) is 0 Å². The molecular formula is C25H29BrN4O. The molecular weight excluding hydrogens is 452 g/mol. The summed E-state index contributed by atoms with van der Waals surface area (Å²) in [4.78, 5) is 19.5. The van der Waals surface area contributed by atoms with Crippen molar-refractivity contribution in [2.45, 2.75) is 39.4 Å². The number of carbonyl (C=O) groups is 1. The first-order valence-corrected chi connectivity index (χ1v) is 11.7. The van der Waals surface area contributed by atoms with Crippen LogP contribution in [0, 0.1) is 12.8 Å². The fourth-order valence-corrected chi connectivity index (χ4v) is 4.69. The van der Waals surface area contributed by atoms with Crippen LogP contribution in [0.25, 0.3) is 0 Å². The van der Waals surface area contributed by atoms with Gasteiger partial charge in [0, 0.05) is 43.0 Å². The van der Waals surface area contributed by atoms with Crippen molar-refractivity contribution >= 4 is 21.8 Å². The Morgan fingerprint density at radius 1 is 1.13 bits per heavy atom. The number of halogens is 1. The molecule has 0 aliphatic carbocycles. The van der Waals surface area contributed by atoms with Gasteiger partial charge in [-0.05, 0) is 55.1 Å². The largest absolute Gasteiger partial charge is 0.352 e. The lowest BCUT2D eigenvalue weighted by Gasteiger charge is -2.32. The van der Waals surface area contributed by atoms with Crippen molar-refractivity contribution in [1.82, 2.24) is 19.8 Å². The molecule has 0 radical (unpaired) electrons. The van der Waals surface area contributed by atoms with E-state index in [1.54, 1.807) is 0 Å². The van der Waals surface area contributed by atoms with Gasteiger partial charge >= 0.3 is 0 Å². The number of carbonyl (C=O) groups excluding carboxylic acids is 1. The molecule has 4 rings (SSSR count). The topological polar surface area (TPSA) is 50.2 Å². The number of nitrogens with zero attached hydrogens (tertiary/aromatic N) is 3. The number of hydrogen-bond acceptors (Lipinski definition) is 3. The third kappa shape index (κ3) is 6.05. The second kappa shape index (κ2) is 10.2. The summed E-state index contributed by atoms with van der Waals surface area (Å²) in [6.07, 6.45) is 5.84. The second-order valence-corrected chi connectivity index (χ2v) is 9.26. The maximum Gasteiger partial charge on any atom is 0.224 e. The van der Waals surface area contributed by atoms with Gasteiger partial charge in [-0.15, -0.1) is 0 Å². The van der Waals surface area contributed by atoms with Gasteiger partial charge in [-0.2, -0.15) is 0 Å². The minimum absolute atomic E-state index is 0.0534. The second-order valence-electron chi connectivity index (χ2n) is 8.34. The van der Waals surface area contributed by atoms with Gasteiger partial charge in [0.05, 0.1) is 5.92 Å². The number of likely N-dealkylation sites (tertiary alicyclic amines) is 1. The van der Waals surface area contributed by atoms with Crippen molar-refractivity contribution in [2.24, 2.45) is 5.92 Å². The highest BCUT2D eigenvalue weighted by Gasteiger charge is 2.25. The molecule has 0 saturated carbocycles. The van der Waals surface area contributed by atoms with Crippen LogP contribution in [0.4, 0.5) is 0 Å². The van der Waals surface area contributed by atoms with Crippen molar-refractivity contribution in [3.05, 3.63) is 87.9 Å². The molecule has 1 unspecified atom stereocenters. The third-order valence-corrected chi connectivity index (χ3v) is 6.40. The number of nitrogens with one attached hydrogen (secondary N) is 1. The maximum absolute atomic E-state index is 12.9. The van der Waals surface area contributed by atoms with E-state index in [4.69, 9.17) is 0 Å². The van der Waals surface area contributed by atoms with Crippen LogP contribution >= 0.6 is 15.9 Å². The zero-order valence-corrected chi connectivity index (χ0v) is 19.5. The Balaban J connectivity index is 1.30. The molecule has 2 heterocycles. The predicted octanol–water partition coefficient (Wildman–Crippen LogP) is 4.53. The molecule has 5 nitrogen and oxygen atoms in total. The van der Waals surface area contributed by atoms with Gasteiger partial charge < -0.3 is 9.88 Å². The molecule has 31 heavy (non-hydrogen) atoms. The van der Waals surface area contributed by atoms with Gasteiger partial charge in [0.2, 0.25) is 5.91 Å². The molecule has 1 aliphatic heterocycles. The SMILES string of the molecule is Cc1nccn1Cc1cccc(CNC(=O)C2CCCN(Cc3cccc(Br)c3)C2)c1. The zero-order valence-electron chi connectivity index (χ0n) is 17.9. The first-order valence-electron chi connectivity index (χ1n) is 10.9. The fraction of sp³-hybridized carbons (Fsp3) is 0.360. The van der Waals surface area contributed by atoms with E-state index in [-0.39, 0.29) is 11.8 Å². The molecule has 2 aromatic carbocycles. The molecule has 6 heteroatoms. The van der Waals surface area contributed by atoms with Crippen LogP contribution < -0.4 is 5.32 Å². The van der Waals surface area contributed by atoms with Crippen LogP contribution in [0.5, 0.6) is 0 Å². The van der Waals surface area contributed by atoms with Gasteiger partial charge in [-0.25, -0.2) is 4.98 Å². The molecule has 1 saturated heterocycles. The lowest BCUT2D eigenvalue weighted by atomic mass is 9.96. The van der Waals surface area contributed by atoms with E-state index in [1.165, 1.54) is 11.1 Å². The Labute approximate surface area is 192 Å². The Morgan fingerprint density at radius 2 is 1.90 bits per heavy atom. The molecule has 1 N–H and O–H groups in total. The van der Waals surface area contributed by atoms with Gasteiger partial charge in [-0.3, -0.25) is 9.69 Å². The Bertz CT molecular complexity index is 1030. The molecule has 1 fully saturated rings. The summed E-state index contributed by atoms with van der Waals surface area (Å²) < 4.78 is 3.22. The number of aromatic nitrogens is 2. The molecule has 3 aromatic rings. The van der Waals surface area contributed by atoms with Gasteiger partial charge in [0.25, 0.3) is 0 Å². The number of aryl methyl sites for hydroxylation is 1. The van der Waals surface area contributed by atoms with Crippen LogP contribution in [0.3, 0.4) is 0 Å². The summed E-state index contributed by atoms with van der Waals surface area (Å²) in [5.41, 5.74) is 3.62. The highest BCUT2D eigenvalue weighted by molar-refractivity contribution is 9.10. The highest BCUT2D eigenvalue weighted by atomic mass is 79.9. The molecule has 1 aromatic heterocycles. The van der Waals surface area contributed by atoms with Crippen molar-refractivity contribution in [2.75, 3.05) is 13.1 Å². The molecule has 1 aliphatic rings. The van der Waals surface area contributed by atoms with Crippen LogP contribution in [-0.4, -0.2) is 33.4 Å². The summed E-state index contributed by atoms with van der Waals surface area (Å²) in [5.74, 6) is 1.22. The number of hydrogen-bond donors (Lipinski definition) is 1. The average molecular weight is 481 g/mol. The maximum atomic E-state index is 12.9. The molecule has 0 spiro atoms. The number of rotatable bonds is 7. The van der Waals surface area contributed by atoms with E-state index in [0.717, 1.165) is 54.9 Å². The minimum atomic E-state index is 0.0534. The van der Waals surface area contributed by atoms with Crippen LogP contribution in [-0.2, 0) is 24.4 Å². The number of imidazole rings is 1. The van der Waals surface area contributed by atoms with Crippen molar-refractivity contribution in [3.8, 4) is 0 Å². The lowest BCUT2D eigenvalue weighted by Crippen LogP contribution is -2.42. The fourth-order valence-electron chi connectivity index (χ4n) is 4.25. The number of amides is 1. The van der Waals surface area contributed by atoms with Gasteiger partial charge in [-0.1, -0.05) is 52.3 Å². The van der Waals surface area contributed by atoms with Crippen molar-refractivity contribution in [1.29, 1.82) is 0 Å².